The molecular weight excluding hydrogens is 416 g/mol. The molecule has 7 nitrogen and oxygen atoms in total. The highest BCUT2D eigenvalue weighted by Gasteiger charge is 2.34. The zero-order chi connectivity index (χ0) is 22.6. The quantitative estimate of drug-likeness (QED) is 0.436. The number of carbonyl (C=O) groups excluding carboxylic acids is 1. The minimum atomic E-state index is -1.89. The standard InChI is InChI=1S/C23H19F2N5O2/c24-18-6-7-19(20(25)10-18)23(32,13-30-15-26-14-29-30)12-28-22(31)8-5-16-9-17-3-1-2-4-21(17)27-11-16/h1-11,14-15,32H,12-13H2,(H,28,31). The molecule has 2 heterocycles. The first-order chi connectivity index (χ1) is 15.4. The van der Waals surface area contributed by atoms with Crippen molar-refractivity contribution in [3.05, 3.63) is 96.2 Å². The second-order valence-corrected chi connectivity index (χ2v) is 7.26. The minimum Gasteiger partial charge on any atom is -0.381 e. The zero-order valence-corrected chi connectivity index (χ0v) is 16.8. The van der Waals surface area contributed by atoms with Crippen molar-refractivity contribution in [3.63, 3.8) is 0 Å². The van der Waals surface area contributed by atoms with E-state index in [4.69, 9.17) is 0 Å². The van der Waals surface area contributed by atoms with E-state index in [1.807, 2.05) is 30.3 Å². The number of nitrogens with zero attached hydrogens (tertiary/aromatic N) is 4. The van der Waals surface area contributed by atoms with E-state index in [1.165, 1.54) is 23.4 Å². The van der Waals surface area contributed by atoms with Crippen LogP contribution in [0.2, 0.25) is 0 Å². The van der Waals surface area contributed by atoms with Gasteiger partial charge in [-0.25, -0.2) is 18.4 Å². The molecule has 32 heavy (non-hydrogen) atoms. The Morgan fingerprint density at radius 3 is 2.81 bits per heavy atom. The number of halogens is 2. The molecule has 2 N–H and O–H groups in total. The van der Waals surface area contributed by atoms with Crippen LogP contribution >= 0.6 is 0 Å². The summed E-state index contributed by atoms with van der Waals surface area (Å²) < 4.78 is 29.1. The molecule has 1 unspecified atom stereocenters. The summed E-state index contributed by atoms with van der Waals surface area (Å²) in [5, 5.41) is 18.6. The molecule has 0 radical (unpaired) electrons. The van der Waals surface area contributed by atoms with Gasteiger partial charge in [-0.1, -0.05) is 24.3 Å². The van der Waals surface area contributed by atoms with Gasteiger partial charge in [-0.2, -0.15) is 5.10 Å². The number of benzene rings is 2. The van der Waals surface area contributed by atoms with Crippen molar-refractivity contribution in [2.75, 3.05) is 6.54 Å². The topological polar surface area (TPSA) is 92.9 Å². The van der Waals surface area contributed by atoms with Gasteiger partial charge in [0, 0.05) is 29.3 Å². The summed E-state index contributed by atoms with van der Waals surface area (Å²) in [7, 11) is 0. The molecule has 0 aliphatic heterocycles. The number of amides is 1. The molecule has 4 aromatic rings. The van der Waals surface area contributed by atoms with Crippen molar-refractivity contribution in [1.29, 1.82) is 0 Å². The van der Waals surface area contributed by atoms with Crippen molar-refractivity contribution in [2.24, 2.45) is 0 Å². The molecule has 0 aliphatic carbocycles. The SMILES string of the molecule is O=C(C=Cc1cnc2ccccc2c1)NCC(O)(Cn1cncn1)c1ccc(F)cc1F. The number of pyridine rings is 1. The van der Waals surface area contributed by atoms with E-state index in [9.17, 15) is 18.7 Å². The summed E-state index contributed by atoms with van der Waals surface area (Å²) >= 11 is 0. The van der Waals surface area contributed by atoms with Crippen LogP contribution in [0.25, 0.3) is 17.0 Å². The lowest BCUT2D eigenvalue weighted by Crippen LogP contribution is -2.44. The van der Waals surface area contributed by atoms with Gasteiger partial charge in [0.1, 0.15) is 29.9 Å². The van der Waals surface area contributed by atoms with Crippen molar-refractivity contribution in [3.8, 4) is 0 Å². The van der Waals surface area contributed by atoms with Crippen molar-refractivity contribution >= 4 is 22.9 Å². The molecular formula is C23H19F2N5O2. The fraction of sp³-hybridized carbons (Fsp3) is 0.130. The largest absolute Gasteiger partial charge is 0.381 e. The van der Waals surface area contributed by atoms with E-state index in [-0.39, 0.29) is 18.7 Å². The van der Waals surface area contributed by atoms with Gasteiger partial charge >= 0.3 is 0 Å². The van der Waals surface area contributed by atoms with Gasteiger partial charge in [-0.3, -0.25) is 9.78 Å². The zero-order valence-electron chi connectivity index (χ0n) is 16.8. The summed E-state index contributed by atoms with van der Waals surface area (Å²) in [4.78, 5) is 20.5. The molecule has 1 amide bonds. The number of para-hydroxylation sites is 1. The van der Waals surface area contributed by atoms with E-state index in [2.05, 4.69) is 20.4 Å². The Bertz CT molecular complexity index is 1280. The molecule has 9 heteroatoms. The first kappa shape index (κ1) is 21.3. The van der Waals surface area contributed by atoms with Crippen LogP contribution in [0.1, 0.15) is 11.1 Å². The molecule has 0 bridgehead atoms. The van der Waals surface area contributed by atoms with Gasteiger partial charge in [-0.15, -0.1) is 0 Å². The second-order valence-electron chi connectivity index (χ2n) is 7.26. The number of carbonyl (C=O) groups is 1. The highest BCUT2D eigenvalue weighted by atomic mass is 19.1. The Morgan fingerprint density at radius 1 is 1.19 bits per heavy atom. The molecule has 2 aromatic carbocycles. The summed E-state index contributed by atoms with van der Waals surface area (Å²) in [6, 6.07) is 12.3. The second kappa shape index (κ2) is 9.03. The average molecular weight is 435 g/mol. The molecule has 0 saturated carbocycles. The van der Waals surface area contributed by atoms with E-state index in [0.29, 0.717) is 6.07 Å². The van der Waals surface area contributed by atoms with Crippen LogP contribution in [0.15, 0.2) is 73.5 Å². The molecule has 0 saturated heterocycles. The van der Waals surface area contributed by atoms with E-state index in [0.717, 1.165) is 28.6 Å². The maximum atomic E-state index is 14.4. The lowest BCUT2D eigenvalue weighted by molar-refractivity contribution is -0.118. The van der Waals surface area contributed by atoms with E-state index >= 15 is 0 Å². The van der Waals surface area contributed by atoms with Gasteiger partial charge in [0.15, 0.2) is 0 Å². The molecule has 0 fully saturated rings. The van der Waals surface area contributed by atoms with Crippen LogP contribution in [0.5, 0.6) is 0 Å². The first-order valence-corrected chi connectivity index (χ1v) is 9.74. The molecule has 1 atom stereocenters. The van der Waals surface area contributed by atoms with Gasteiger partial charge < -0.3 is 10.4 Å². The Balaban J connectivity index is 1.50. The fourth-order valence-corrected chi connectivity index (χ4v) is 3.33. The molecule has 162 valence electrons. The Hall–Kier alpha value is -3.98. The molecule has 0 spiro atoms. The molecule has 2 aromatic heterocycles. The van der Waals surface area contributed by atoms with Gasteiger partial charge in [0.25, 0.3) is 0 Å². The van der Waals surface area contributed by atoms with Crippen molar-refractivity contribution in [1.82, 2.24) is 25.1 Å². The third kappa shape index (κ3) is 4.84. The highest BCUT2D eigenvalue weighted by Crippen LogP contribution is 2.26. The first-order valence-electron chi connectivity index (χ1n) is 9.74. The lowest BCUT2D eigenvalue weighted by atomic mass is 9.92. The maximum absolute atomic E-state index is 14.4. The monoisotopic (exact) mass is 435 g/mol. The Kier molecular flexibility index (Phi) is 6.00. The number of fused-ring (bicyclic) bond motifs is 1. The molecule has 0 aliphatic rings. The summed E-state index contributed by atoms with van der Waals surface area (Å²) in [6.45, 7) is -0.539. The fourth-order valence-electron chi connectivity index (χ4n) is 3.33. The van der Waals surface area contributed by atoms with Crippen LogP contribution in [-0.2, 0) is 16.9 Å². The van der Waals surface area contributed by atoms with Crippen LogP contribution in [-0.4, -0.2) is 37.3 Å². The van der Waals surface area contributed by atoms with Crippen LogP contribution in [0, 0.1) is 11.6 Å². The maximum Gasteiger partial charge on any atom is 0.244 e. The number of hydrogen-bond acceptors (Lipinski definition) is 5. The van der Waals surface area contributed by atoms with Crippen LogP contribution in [0.3, 0.4) is 0 Å². The number of aromatic nitrogens is 4. The van der Waals surface area contributed by atoms with E-state index in [1.54, 1.807) is 12.3 Å². The normalized spacial score (nSPS) is 13.3. The average Bonchev–Trinajstić information content (AvgIpc) is 3.28. The minimum absolute atomic E-state index is 0.169. The van der Waals surface area contributed by atoms with E-state index < -0.39 is 23.1 Å². The van der Waals surface area contributed by atoms with Crippen LogP contribution < -0.4 is 5.32 Å². The smallest absolute Gasteiger partial charge is 0.244 e. The number of nitrogens with one attached hydrogen (secondary N) is 1. The van der Waals surface area contributed by atoms with Crippen LogP contribution in [0.4, 0.5) is 8.78 Å². The number of rotatable bonds is 7. The van der Waals surface area contributed by atoms with Gasteiger partial charge in [0.05, 0.1) is 18.6 Å². The number of aliphatic hydroxyl groups is 1. The molecule has 4 rings (SSSR count). The number of hydrogen-bond donors (Lipinski definition) is 2. The Morgan fingerprint density at radius 2 is 2.03 bits per heavy atom. The summed E-state index contributed by atoms with van der Waals surface area (Å²) in [5.74, 6) is -2.21. The highest BCUT2D eigenvalue weighted by molar-refractivity contribution is 5.92. The van der Waals surface area contributed by atoms with Crippen molar-refractivity contribution in [2.45, 2.75) is 12.1 Å². The predicted molar refractivity (Wildman–Crippen MR) is 114 cm³/mol. The lowest BCUT2D eigenvalue weighted by Gasteiger charge is -2.29. The third-order valence-electron chi connectivity index (χ3n) is 4.92. The third-order valence-corrected chi connectivity index (χ3v) is 4.92. The predicted octanol–water partition coefficient (Wildman–Crippen LogP) is 2.82. The Labute approximate surface area is 182 Å². The summed E-state index contributed by atoms with van der Waals surface area (Å²) in [5.41, 5.74) is -0.494. The van der Waals surface area contributed by atoms with Gasteiger partial charge in [0.2, 0.25) is 5.91 Å². The van der Waals surface area contributed by atoms with Gasteiger partial charge in [-0.05, 0) is 29.8 Å². The summed E-state index contributed by atoms with van der Waals surface area (Å²) in [6.07, 6.45) is 7.13. The van der Waals surface area contributed by atoms with Crippen molar-refractivity contribution < 1.29 is 18.7 Å².